The van der Waals surface area contributed by atoms with Gasteiger partial charge < -0.3 is 15.4 Å². The Labute approximate surface area is 113 Å². The van der Waals surface area contributed by atoms with Crippen LogP contribution >= 0.6 is 0 Å². The van der Waals surface area contributed by atoms with E-state index in [1.165, 1.54) is 0 Å². The Kier molecular flexibility index (Phi) is 4.93. The first-order valence-electron chi connectivity index (χ1n) is 6.83. The minimum absolute atomic E-state index is 0.0574. The van der Waals surface area contributed by atoms with Crippen LogP contribution < -0.4 is 5.73 Å². The van der Waals surface area contributed by atoms with Crippen molar-refractivity contribution in [3.63, 3.8) is 0 Å². The van der Waals surface area contributed by atoms with Crippen LogP contribution in [0.5, 0.6) is 0 Å². The summed E-state index contributed by atoms with van der Waals surface area (Å²) in [5, 5.41) is 4.27. The molecule has 2 N–H and O–H groups in total. The van der Waals surface area contributed by atoms with Crippen molar-refractivity contribution in [1.82, 2.24) is 14.7 Å². The predicted molar refractivity (Wildman–Crippen MR) is 72.0 cm³/mol. The highest BCUT2D eigenvalue weighted by molar-refractivity contribution is 5.95. The Morgan fingerprint density at radius 1 is 1.47 bits per heavy atom. The first-order valence-corrected chi connectivity index (χ1v) is 6.83. The number of amides is 1. The second-order valence-corrected chi connectivity index (χ2v) is 4.77. The fourth-order valence-corrected chi connectivity index (χ4v) is 2.24. The minimum Gasteiger partial charge on any atom is -0.380 e. The number of rotatable bonds is 4. The Hall–Kier alpha value is -1.40. The summed E-state index contributed by atoms with van der Waals surface area (Å²) >= 11 is 0. The van der Waals surface area contributed by atoms with Crippen LogP contribution in [0.15, 0.2) is 6.20 Å². The number of ether oxygens (including phenoxy) is 1. The third kappa shape index (κ3) is 3.33. The van der Waals surface area contributed by atoms with E-state index in [2.05, 4.69) is 5.10 Å². The molecule has 1 aliphatic rings. The number of nitrogens with zero attached hydrogens (tertiary/aromatic N) is 3. The van der Waals surface area contributed by atoms with E-state index >= 15 is 0 Å². The van der Waals surface area contributed by atoms with Crippen LogP contribution in [0.4, 0.5) is 0 Å². The number of hydrogen-bond acceptors (Lipinski definition) is 4. The monoisotopic (exact) mass is 266 g/mol. The zero-order valence-corrected chi connectivity index (χ0v) is 11.5. The summed E-state index contributed by atoms with van der Waals surface area (Å²) in [7, 11) is 0. The highest BCUT2D eigenvalue weighted by atomic mass is 16.5. The molecule has 2 rings (SSSR count). The van der Waals surface area contributed by atoms with Gasteiger partial charge >= 0.3 is 0 Å². The van der Waals surface area contributed by atoms with Gasteiger partial charge in [-0.2, -0.15) is 5.10 Å². The molecule has 2 heterocycles. The zero-order valence-electron chi connectivity index (χ0n) is 11.5. The fourth-order valence-electron chi connectivity index (χ4n) is 2.24. The maximum absolute atomic E-state index is 12.5. The Morgan fingerprint density at radius 2 is 2.32 bits per heavy atom. The van der Waals surface area contributed by atoms with E-state index in [9.17, 15) is 4.79 Å². The molecule has 0 aromatic carbocycles. The van der Waals surface area contributed by atoms with E-state index in [4.69, 9.17) is 10.5 Å². The van der Waals surface area contributed by atoms with Crippen molar-refractivity contribution in [2.24, 2.45) is 5.73 Å². The van der Waals surface area contributed by atoms with Gasteiger partial charge in [-0.05, 0) is 26.3 Å². The molecule has 0 spiro atoms. The Morgan fingerprint density at radius 3 is 3.11 bits per heavy atom. The van der Waals surface area contributed by atoms with Gasteiger partial charge in [0.1, 0.15) is 0 Å². The third-order valence-electron chi connectivity index (χ3n) is 3.42. The van der Waals surface area contributed by atoms with Crippen LogP contribution in [-0.4, -0.2) is 53.4 Å². The van der Waals surface area contributed by atoms with Crippen molar-refractivity contribution in [2.75, 3.05) is 32.8 Å². The quantitative estimate of drug-likeness (QED) is 0.856. The van der Waals surface area contributed by atoms with E-state index < -0.39 is 0 Å². The SMILES string of the molecule is Cc1c(C(=O)N2CCCOCC2)cnn1CCCN. The maximum Gasteiger partial charge on any atom is 0.257 e. The van der Waals surface area contributed by atoms with Gasteiger partial charge in [0.2, 0.25) is 0 Å². The summed E-state index contributed by atoms with van der Waals surface area (Å²) in [5.74, 6) is 0.0574. The molecule has 0 unspecified atom stereocenters. The number of aromatic nitrogens is 2. The number of carbonyl (C=O) groups excluding carboxylic acids is 1. The lowest BCUT2D eigenvalue weighted by Gasteiger charge is -2.19. The molecule has 1 fully saturated rings. The molecule has 1 aromatic heterocycles. The lowest BCUT2D eigenvalue weighted by molar-refractivity contribution is 0.0740. The smallest absolute Gasteiger partial charge is 0.257 e. The first-order chi connectivity index (χ1) is 9.24. The van der Waals surface area contributed by atoms with Crippen molar-refractivity contribution >= 4 is 5.91 Å². The summed E-state index contributed by atoms with van der Waals surface area (Å²) in [6.45, 7) is 6.10. The molecule has 6 nitrogen and oxygen atoms in total. The van der Waals surface area contributed by atoms with Crippen LogP contribution in [0, 0.1) is 6.92 Å². The van der Waals surface area contributed by atoms with Crippen molar-refractivity contribution in [3.05, 3.63) is 17.5 Å². The zero-order chi connectivity index (χ0) is 13.7. The summed E-state index contributed by atoms with van der Waals surface area (Å²) in [6.07, 6.45) is 3.43. The van der Waals surface area contributed by atoms with Gasteiger partial charge in [0.15, 0.2) is 0 Å². The van der Waals surface area contributed by atoms with Crippen LogP contribution in [0.1, 0.15) is 28.9 Å². The summed E-state index contributed by atoms with van der Waals surface area (Å²) in [4.78, 5) is 14.3. The molecule has 0 saturated carbocycles. The maximum atomic E-state index is 12.5. The topological polar surface area (TPSA) is 73.4 Å². The van der Waals surface area contributed by atoms with Crippen LogP contribution in [0.25, 0.3) is 0 Å². The van der Waals surface area contributed by atoms with Gasteiger partial charge in [0.25, 0.3) is 5.91 Å². The molecule has 19 heavy (non-hydrogen) atoms. The number of aryl methyl sites for hydroxylation is 1. The highest BCUT2D eigenvalue weighted by Crippen LogP contribution is 2.12. The van der Waals surface area contributed by atoms with Crippen LogP contribution in [-0.2, 0) is 11.3 Å². The van der Waals surface area contributed by atoms with E-state index in [1.807, 2.05) is 16.5 Å². The van der Waals surface area contributed by atoms with Crippen molar-refractivity contribution in [3.8, 4) is 0 Å². The highest BCUT2D eigenvalue weighted by Gasteiger charge is 2.21. The second kappa shape index (κ2) is 6.68. The largest absolute Gasteiger partial charge is 0.380 e. The fraction of sp³-hybridized carbons (Fsp3) is 0.692. The van der Waals surface area contributed by atoms with Crippen LogP contribution in [0.2, 0.25) is 0 Å². The normalized spacial score (nSPS) is 16.4. The van der Waals surface area contributed by atoms with E-state index in [-0.39, 0.29) is 5.91 Å². The van der Waals surface area contributed by atoms with Crippen molar-refractivity contribution < 1.29 is 9.53 Å². The first kappa shape index (κ1) is 14.0. The van der Waals surface area contributed by atoms with Crippen LogP contribution in [0.3, 0.4) is 0 Å². The van der Waals surface area contributed by atoms with Gasteiger partial charge in [-0.3, -0.25) is 9.48 Å². The van der Waals surface area contributed by atoms with E-state index in [0.29, 0.717) is 25.3 Å². The molecule has 0 atom stereocenters. The van der Waals surface area contributed by atoms with Gasteiger partial charge in [-0.1, -0.05) is 0 Å². The third-order valence-corrected chi connectivity index (χ3v) is 3.42. The molecular formula is C13H22N4O2. The minimum atomic E-state index is 0.0574. The molecular weight excluding hydrogens is 244 g/mol. The lowest BCUT2D eigenvalue weighted by atomic mass is 10.2. The molecule has 106 valence electrons. The molecule has 1 aromatic rings. The molecule has 6 heteroatoms. The predicted octanol–water partition coefficient (Wildman–Crippen LogP) is 0.403. The Balaban J connectivity index is 2.07. The average Bonchev–Trinajstić information content (AvgIpc) is 2.65. The summed E-state index contributed by atoms with van der Waals surface area (Å²) in [5.41, 5.74) is 7.11. The molecule has 0 radical (unpaired) electrons. The molecule has 1 amide bonds. The van der Waals surface area contributed by atoms with E-state index in [0.717, 1.165) is 38.2 Å². The molecule has 1 saturated heterocycles. The van der Waals surface area contributed by atoms with Gasteiger partial charge in [-0.25, -0.2) is 0 Å². The number of nitrogens with two attached hydrogens (primary N) is 1. The Bertz CT molecular complexity index is 422. The molecule has 1 aliphatic heterocycles. The number of carbonyl (C=O) groups is 1. The summed E-state index contributed by atoms with van der Waals surface area (Å²) in [6, 6.07) is 0. The van der Waals surface area contributed by atoms with Gasteiger partial charge in [0, 0.05) is 31.9 Å². The van der Waals surface area contributed by atoms with Crippen molar-refractivity contribution in [1.29, 1.82) is 0 Å². The lowest BCUT2D eigenvalue weighted by Crippen LogP contribution is -2.33. The van der Waals surface area contributed by atoms with Crippen molar-refractivity contribution in [2.45, 2.75) is 26.3 Å². The average molecular weight is 266 g/mol. The van der Waals surface area contributed by atoms with E-state index in [1.54, 1.807) is 6.20 Å². The molecule has 0 bridgehead atoms. The molecule has 0 aliphatic carbocycles. The van der Waals surface area contributed by atoms with Gasteiger partial charge in [0.05, 0.1) is 18.4 Å². The van der Waals surface area contributed by atoms with Gasteiger partial charge in [-0.15, -0.1) is 0 Å². The summed E-state index contributed by atoms with van der Waals surface area (Å²) < 4.78 is 7.23. The number of hydrogen-bond donors (Lipinski definition) is 1. The standard InChI is InChI=1S/C13H22N4O2/c1-11-12(10-15-17(11)6-2-4-14)13(18)16-5-3-8-19-9-7-16/h10H,2-9,14H2,1H3. The second-order valence-electron chi connectivity index (χ2n) is 4.77.